The number of nitrogens with two attached hydrogens (primary N) is 1. The van der Waals surface area contributed by atoms with Crippen LogP contribution in [0.5, 0.6) is 0 Å². The van der Waals surface area contributed by atoms with Crippen LogP contribution in [-0.2, 0) is 19.9 Å². The summed E-state index contributed by atoms with van der Waals surface area (Å²) in [7, 11) is 2.02. The Balaban J connectivity index is 2.61. The van der Waals surface area contributed by atoms with Crippen molar-refractivity contribution in [2.75, 3.05) is 6.54 Å². The minimum absolute atomic E-state index is 0.653. The van der Waals surface area contributed by atoms with Gasteiger partial charge in [-0.3, -0.25) is 4.68 Å². The van der Waals surface area contributed by atoms with Crippen LogP contribution in [0.2, 0.25) is 0 Å². The summed E-state index contributed by atoms with van der Waals surface area (Å²) in [5.41, 5.74) is 8.03. The lowest BCUT2D eigenvalue weighted by atomic mass is 10.0. The Hall–Kier alpha value is -0.830. The molecule has 0 fully saturated rings. The first kappa shape index (κ1) is 11.2. The van der Waals surface area contributed by atoms with Crippen molar-refractivity contribution in [2.24, 2.45) is 18.7 Å². The van der Waals surface area contributed by atoms with E-state index in [1.54, 1.807) is 0 Å². The zero-order valence-corrected chi connectivity index (χ0v) is 9.45. The van der Waals surface area contributed by atoms with E-state index in [0.717, 1.165) is 25.8 Å². The molecular weight excluding hydrogens is 174 g/mol. The third-order valence-electron chi connectivity index (χ3n) is 2.61. The van der Waals surface area contributed by atoms with Crippen molar-refractivity contribution in [1.29, 1.82) is 0 Å². The zero-order valence-electron chi connectivity index (χ0n) is 9.45. The van der Waals surface area contributed by atoms with Crippen molar-refractivity contribution in [3.8, 4) is 0 Å². The van der Waals surface area contributed by atoms with E-state index in [4.69, 9.17) is 5.73 Å². The van der Waals surface area contributed by atoms with Crippen molar-refractivity contribution in [3.63, 3.8) is 0 Å². The highest BCUT2D eigenvalue weighted by Crippen LogP contribution is 2.12. The van der Waals surface area contributed by atoms with Gasteiger partial charge in [-0.15, -0.1) is 0 Å². The maximum Gasteiger partial charge on any atom is 0.0624 e. The normalized spacial score (nSPS) is 13.1. The molecule has 0 aliphatic heterocycles. The van der Waals surface area contributed by atoms with E-state index < -0.39 is 0 Å². The summed E-state index contributed by atoms with van der Waals surface area (Å²) in [5, 5.41) is 4.43. The quantitative estimate of drug-likeness (QED) is 0.774. The third-order valence-corrected chi connectivity index (χ3v) is 2.61. The van der Waals surface area contributed by atoms with E-state index in [1.807, 2.05) is 11.7 Å². The average Bonchev–Trinajstić information content (AvgIpc) is 2.48. The molecule has 1 aromatic rings. The second-order valence-electron chi connectivity index (χ2n) is 3.99. The summed E-state index contributed by atoms with van der Waals surface area (Å²) in [5.74, 6) is 0.653. The molecule has 3 heteroatoms. The first-order valence-corrected chi connectivity index (χ1v) is 5.39. The van der Waals surface area contributed by atoms with Gasteiger partial charge in [-0.05, 0) is 37.8 Å². The van der Waals surface area contributed by atoms with Crippen LogP contribution in [0.3, 0.4) is 0 Å². The van der Waals surface area contributed by atoms with Gasteiger partial charge in [0.2, 0.25) is 0 Å². The summed E-state index contributed by atoms with van der Waals surface area (Å²) in [6.45, 7) is 5.15. The lowest BCUT2D eigenvalue weighted by Crippen LogP contribution is -2.10. The third kappa shape index (κ3) is 2.84. The second kappa shape index (κ2) is 5.15. The standard InChI is InChI=1S/C11H21N3/c1-4-10-8-11(14(3)13-10)7-9(2)5-6-12/h8-9H,4-7,12H2,1-3H3. The van der Waals surface area contributed by atoms with Gasteiger partial charge in [0.1, 0.15) is 0 Å². The first-order valence-electron chi connectivity index (χ1n) is 5.39. The lowest BCUT2D eigenvalue weighted by molar-refractivity contribution is 0.515. The molecule has 1 atom stereocenters. The fourth-order valence-electron chi connectivity index (χ4n) is 1.68. The summed E-state index contributed by atoms with van der Waals surface area (Å²) in [6, 6.07) is 2.20. The van der Waals surface area contributed by atoms with E-state index in [0.29, 0.717) is 5.92 Å². The molecule has 0 saturated heterocycles. The van der Waals surface area contributed by atoms with Crippen LogP contribution in [0.4, 0.5) is 0 Å². The Morgan fingerprint density at radius 3 is 2.79 bits per heavy atom. The second-order valence-corrected chi connectivity index (χ2v) is 3.99. The van der Waals surface area contributed by atoms with Gasteiger partial charge in [-0.1, -0.05) is 13.8 Å². The Labute approximate surface area is 86.3 Å². The molecule has 0 bridgehead atoms. The van der Waals surface area contributed by atoms with Gasteiger partial charge < -0.3 is 5.73 Å². The molecule has 0 aliphatic carbocycles. The van der Waals surface area contributed by atoms with Crippen LogP contribution >= 0.6 is 0 Å². The SMILES string of the molecule is CCc1cc(CC(C)CCN)n(C)n1. The topological polar surface area (TPSA) is 43.8 Å². The molecule has 0 amide bonds. The van der Waals surface area contributed by atoms with Gasteiger partial charge in [0.15, 0.2) is 0 Å². The summed E-state index contributed by atoms with van der Waals surface area (Å²) in [4.78, 5) is 0. The van der Waals surface area contributed by atoms with E-state index in [1.165, 1.54) is 11.4 Å². The van der Waals surface area contributed by atoms with Crippen LogP contribution in [0, 0.1) is 5.92 Å². The van der Waals surface area contributed by atoms with E-state index >= 15 is 0 Å². The highest BCUT2D eigenvalue weighted by molar-refractivity contribution is 5.10. The van der Waals surface area contributed by atoms with Gasteiger partial charge in [0.25, 0.3) is 0 Å². The lowest BCUT2D eigenvalue weighted by Gasteiger charge is -2.09. The van der Waals surface area contributed by atoms with Gasteiger partial charge in [0.05, 0.1) is 5.69 Å². The van der Waals surface area contributed by atoms with Crippen LogP contribution in [-0.4, -0.2) is 16.3 Å². The average molecular weight is 195 g/mol. The number of nitrogens with zero attached hydrogens (tertiary/aromatic N) is 2. The van der Waals surface area contributed by atoms with Crippen molar-refractivity contribution in [1.82, 2.24) is 9.78 Å². The highest BCUT2D eigenvalue weighted by Gasteiger charge is 2.08. The van der Waals surface area contributed by atoms with Crippen LogP contribution < -0.4 is 5.73 Å². The molecule has 80 valence electrons. The van der Waals surface area contributed by atoms with Gasteiger partial charge in [-0.2, -0.15) is 5.10 Å². The Morgan fingerprint density at radius 1 is 1.57 bits per heavy atom. The maximum absolute atomic E-state index is 5.53. The number of aromatic nitrogens is 2. The van der Waals surface area contributed by atoms with Crippen LogP contribution in [0.15, 0.2) is 6.07 Å². The van der Waals surface area contributed by atoms with E-state index in [9.17, 15) is 0 Å². The minimum atomic E-state index is 0.653. The summed E-state index contributed by atoms with van der Waals surface area (Å²) in [6.07, 6.45) is 3.19. The van der Waals surface area contributed by atoms with E-state index in [-0.39, 0.29) is 0 Å². The fraction of sp³-hybridized carbons (Fsp3) is 0.727. The molecule has 0 aromatic carbocycles. The van der Waals surface area contributed by atoms with Gasteiger partial charge in [0, 0.05) is 12.7 Å². The predicted octanol–water partition coefficient (Wildman–Crippen LogP) is 1.51. The van der Waals surface area contributed by atoms with Crippen molar-refractivity contribution < 1.29 is 0 Å². The maximum atomic E-state index is 5.53. The van der Waals surface area contributed by atoms with Crippen LogP contribution in [0.25, 0.3) is 0 Å². The van der Waals surface area contributed by atoms with Crippen molar-refractivity contribution in [2.45, 2.75) is 33.1 Å². The Bertz CT molecular complexity index is 278. The number of rotatable bonds is 5. The highest BCUT2D eigenvalue weighted by atomic mass is 15.3. The Kier molecular flexibility index (Phi) is 4.14. The molecule has 1 unspecified atom stereocenters. The molecule has 1 heterocycles. The van der Waals surface area contributed by atoms with Crippen molar-refractivity contribution >= 4 is 0 Å². The van der Waals surface area contributed by atoms with Crippen LogP contribution in [0.1, 0.15) is 31.7 Å². The Morgan fingerprint density at radius 2 is 2.29 bits per heavy atom. The van der Waals surface area contributed by atoms with Crippen molar-refractivity contribution in [3.05, 3.63) is 17.5 Å². The molecule has 0 saturated carbocycles. The molecular formula is C11H21N3. The predicted molar refractivity (Wildman–Crippen MR) is 59.1 cm³/mol. The molecule has 0 aliphatic rings. The van der Waals surface area contributed by atoms with E-state index in [2.05, 4.69) is 25.0 Å². The molecule has 1 rings (SSSR count). The summed E-state index contributed by atoms with van der Waals surface area (Å²) >= 11 is 0. The molecule has 3 nitrogen and oxygen atoms in total. The molecule has 14 heavy (non-hydrogen) atoms. The molecule has 0 spiro atoms. The largest absolute Gasteiger partial charge is 0.330 e. The molecule has 1 aromatic heterocycles. The monoisotopic (exact) mass is 195 g/mol. The number of hydrogen-bond acceptors (Lipinski definition) is 2. The first-order chi connectivity index (χ1) is 6.67. The number of hydrogen-bond donors (Lipinski definition) is 1. The summed E-state index contributed by atoms with van der Waals surface area (Å²) < 4.78 is 1.99. The number of aryl methyl sites for hydroxylation is 2. The van der Waals surface area contributed by atoms with Gasteiger partial charge >= 0.3 is 0 Å². The molecule has 0 radical (unpaired) electrons. The minimum Gasteiger partial charge on any atom is -0.330 e. The smallest absolute Gasteiger partial charge is 0.0624 e. The zero-order chi connectivity index (χ0) is 10.6. The fourth-order valence-corrected chi connectivity index (χ4v) is 1.68. The molecule has 2 N–H and O–H groups in total. The van der Waals surface area contributed by atoms with Gasteiger partial charge in [-0.25, -0.2) is 0 Å².